The zero-order valence-corrected chi connectivity index (χ0v) is 13.1. The van der Waals surface area contributed by atoms with Crippen LogP contribution in [0.3, 0.4) is 0 Å². The van der Waals surface area contributed by atoms with E-state index < -0.39 is 0 Å². The molecule has 0 spiro atoms. The molecule has 1 saturated carbocycles. The van der Waals surface area contributed by atoms with Crippen LogP contribution >= 0.6 is 0 Å². The standard InChI is InChI=1S/C18H28N2O/c1-14(15-9-5-2-3-6-10-15)20-18(21)17(13-19)16-11-7-4-8-12-16/h4,7-8,11-12,14-15,17H,2-3,5-6,9-10,13,19H2,1H3,(H,20,21)/t14-,17?/m1/s1. The van der Waals surface area contributed by atoms with Crippen molar-refractivity contribution in [3.63, 3.8) is 0 Å². The Morgan fingerprint density at radius 1 is 1.19 bits per heavy atom. The molecule has 3 heteroatoms. The highest BCUT2D eigenvalue weighted by Crippen LogP contribution is 2.26. The van der Waals surface area contributed by atoms with E-state index in [1.165, 1.54) is 38.5 Å². The molecule has 1 aliphatic carbocycles. The maximum absolute atomic E-state index is 12.5. The number of hydrogen-bond acceptors (Lipinski definition) is 2. The Bertz CT molecular complexity index is 424. The minimum atomic E-state index is -0.237. The minimum absolute atomic E-state index is 0.0699. The van der Waals surface area contributed by atoms with Crippen LogP contribution in [0.15, 0.2) is 30.3 Å². The van der Waals surface area contributed by atoms with Gasteiger partial charge in [-0.3, -0.25) is 4.79 Å². The van der Waals surface area contributed by atoms with Crippen LogP contribution in [0.2, 0.25) is 0 Å². The summed E-state index contributed by atoms with van der Waals surface area (Å²) in [6.45, 7) is 2.50. The van der Waals surface area contributed by atoms with E-state index in [0.717, 1.165) is 5.56 Å². The van der Waals surface area contributed by atoms with Crippen molar-refractivity contribution in [1.82, 2.24) is 5.32 Å². The van der Waals surface area contributed by atoms with Gasteiger partial charge < -0.3 is 11.1 Å². The Hall–Kier alpha value is -1.35. The van der Waals surface area contributed by atoms with Crippen molar-refractivity contribution >= 4 is 5.91 Å². The molecule has 3 nitrogen and oxygen atoms in total. The van der Waals surface area contributed by atoms with Crippen molar-refractivity contribution in [2.24, 2.45) is 11.7 Å². The van der Waals surface area contributed by atoms with Crippen LogP contribution in [0.25, 0.3) is 0 Å². The largest absolute Gasteiger partial charge is 0.353 e. The van der Waals surface area contributed by atoms with Gasteiger partial charge in [-0.25, -0.2) is 0 Å². The van der Waals surface area contributed by atoms with E-state index >= 15 is 0 Å². The van der Waals surface area contributed by atoms with E-state index in [9.17, 15) is 4.79 Å². The van der Waals surface area contributed by atoms with E-state index in [-0.39, 0.29) is 17.9 Å². The summed E-state index contributed by atoms with van der Waals surface area (Å²) in [5, 5.41) is 3.21. The van der Waals surface area contributed by atoms with Crippen molar-refractivity contribution in [2.45, 2.75) is 57.4 Å². The van der Waals surface area contributed by atoms with E-state index in [4.69, 9.17) is 5.73 Å². The summed E-state index contributed by atoms with van der Waals surface area (Å²) in [5.41, 5.74) is 6.83. The molecule has 1 fully saturated rings. The maximum Gasteiger partial charge on any atom is 0.229 e. The lowest BCUT2D eigenvalue weighted by Gasteiger charge is -2.26. The third-order valence-corrected chi connectivity index (χ3v) is 4.73. The van der Waals surface area contributed by atoms with E-state index in [1.807, 2.05) is 30.3 Å². The molecule has 1 aromatic rings. The molecule has 0 heterocycles. The molecule has 0 radical (unpaired) electrons. The van der Waals surface area contributed by atoms with Crippen LogP contribution in [-0.4, -0.2) is 18.5 Å². The van der Waals surface area contributed by atoms with Gasteiger partial charge in [0.1, 0.15) is 0 Å². The topological polar surface area (TPSA) is 55.1 Å². The van der Waals surface area contributed by atoms with Gasteiger partial charge in [0.05, 0.1) is 5.92 Å². The molecular weight excluding hydrogens is 260 g/mol. The normalized spacial score (nSPS) is 19.5. The van der Waals surface area contributed by atoms with Crippen molar-refractivity contribution in [2.75, 3.05) is 6.54 Å². The van der Waals surface area contributed by atoms with Gasteiger partial charge in [-0.2, -0.15) is 0 Å². The number of carbonyl (C=O) groups is 1. The Morgan fingerprint density at radius 2 is 1.81 bits per heavy atom. The molecule has 0 aromatic heterocycles. The number of hydrogen-bond donors (Lipinski definition) is 2. The average molecular weight is 288 g/mol. The Kier molecular flexibility index (Phi) is 6.24. The second-order valence-electron chi connectivity index (χ2n) is 6.25. The number of carbonyl (C=O) groups excluding carboxylic acids is 1. The van der Waals surface area contributed by atoms with Gasteiger partial charge in [0.2, 0.25) is 5.91 Å². The Balaban J connectivity index is 1.95. The molecule has 3 N–H and O–H groups in total. The van der Waals surface area contributed by atoms with Crippen LogP contribution in [0.5, 0.6) is 0 Å². The number of nitrogens with one attached hydrogen (secondary N) is 1. The van der Waals surface area contributed by atoms with Crippen LogP contribution < -0.4 is 11.1 Å². The number of rotatable bonds is 5. The second kappa shape index (κ2) is 8.18. The predicted octanol–water partition coefficient (Wildman–Crippen LogP) is 3.20. The number of nitrogens with two attached hydrogens (primary N) is 1. The first-order valence-corrected chi connectivity index (χ1v) is 8.27. The molecule has 0 saturated heterocycles. The molecular formula is C18H28N2O. The first-order valence-electron chi connectivity index (χ1n) is 8.27. The monoisotopic (exact) mass is 288 g/mol. The van der Waals surface area contributed by atoms with Gasteiger partial charge in [0.25, 0.3) is 0 Å². The first-order chi connectivity index (χ1) is 10.2. The maximum atomic E-state index is 12.5. The van der Waals surface area contributed by atoms with Gasteiger partial charge in [0.15, 0.2) is 0 Å². The summed E-state index contributed by atoms with van der Waals surface area (Å²) in [5.74, 6) is 0.450. The fourth-order valence-electron chi connectivity index (χ4n) is 3.33. The molecule has 0 aliphatic heterocycles. The minimum Gasteiger partial charge on any atom is -0.353 e. The Labute approximate surface area is 128 Å². The fourth-order valence-corrected chi connectivity index (χ4v) is 3.33. The molecule has 21 heavy (non-hydrogen) atoms. The Morgan fingerprint density at radius 3 is 2.38 bits per heavy atom. The fraction of sp³-hybridized carbons (Fsp3) is 0.611. The highest BCUT2D eigenvalue weighted by atomic mass is 16.1. The van der Waals surface area contributed by atoms with Crippen molar-refractivity contribution in [1.29, 1.82) is 0 Å². The third kappa shape index (κ3) is 4.57. The molecule has 1 amide bonds. The quantitative estimate of drug-likeness (QED) is 0.817. The zero-order valence-electron chi connectivity index (χ0n) is 13.1. The number of benzene rings is 1. The van der Waals surface area contributed by atoms with Crippen LogP contribution in [-0.2, 0) is 4.79 Å². The average Bonchev–Trinajstić information content (AvgIpc) is 2.78. The van der Waals surface area contributed by atoms with Crippen molar-refractivity contribution in [3.05, 3.63) is 35.9 Å². The van der Waals surface area contributed by atoms with Crippen molar-refractivity contribution < 1.29 is 4.79 Å². The van der Waals surface area contributed by atoms with E-state index in [2.05, 4.69) is 12.2 Å². The lowest BCUT2D eigenvalue weighted by molar-refractivity contribution is -0.123. The smallest absolute Gasteiger partial charge is 0.229 e. The summed E-state index contributed by atoms with van der Waals surface area (Å²) >= 11 is 0. The van der Waals surface area contributed by atoms with E-state index in [1.54, 1.807) is 0 Å². The van der Waals surface area contributed by atoms with Gasteiger partial charge in [-0.15, -0.1) is 0 Å². The highest BCUT2D eigenvalue weighted by molar-refractivity contribution is 5.84. The second-order valence-corrected chi connectivity index (χ2v) is 6.25. The van der Waals surface area contributed by atoms with E-state index in [0.29, 0.717) is 12.5 Å². The van der Waals surface area contributed by atoms with Gasteiger partial charge in [-0.1, -0.05) is 56.0 Å². The molecule has 116 valence electrons. The molecule has 2 atom stereocenters. The summed E-state index contributed by atoms with van der Waals surface area (Å²) in [4.78, 5) is 12.5. The molecule has 1 unspecified atom stereocenters. The number of amides is 1. The highest BCUT2D eigenvalue weighted by Gasteiger charge is 2.24. The van der Waals surface area contributed by atoms with Crippen LogP contribution in [0, 0.1) is 5.92 Å². The zero-order chi connectivity index (χ0) is 15.1. The summed E-state index contributed by atoms with van der Waals surface area (Å²) in [7, 11) is 0. The molecule has 1 aromatic carbocycles. The molecule has 1 aliphatic rings. The molecule has 0 bridgehead atoms. The van der Waals surface area contributed by atoms with Crippen LogP contribution in [0.4, 0.5) is 0 Å². The third-order valence-electron chi connectivity index (χ3n) is 4.73. The van der Waals surface area contributed by atoms with Gasteiger partial charge in [0, 0.05) is 12.6 Å². The van der Waals surface area contributed by atoms with Gasteiger partial charge >= 0.3 is 0 Å². The predicted molar refractivity (Wildman–Crippen MR) is 87.0 cm³/mol. The lowest BCUT2D eigenvalue weighted by atomic mass is 9.91. The van der Waals surface area contributed by atoms with Gasteiger partial charge in [-0.05, 0) is 31.2 Å². The van der Waals surface area contributed by atoms with Crippen molar-refractivity contribution in [3.8, 4) is 0 Å². The summed E-state index contributed by atoms with van der Waals surface area (Å²) in [6.07, 6.45) is 7.74. The summed E-state index contributed by atoms with van der Waals surface area (Å²) < 4.78 is 0. The first kappa shape index (κ1) is 16.0. The lowest BCUT2D eigenvalue weighted by Crippen LogP contribution is -2.42. The summed E-state index contributed by atoms with van der Waals surface area (Å²) in [6, 6.07) is 10.1. The van der Waals surface area contributed by atoms with Crippen LogP contribution in [0.1, 0.15) is 56.9 Å². The molecule has 2 rings (SSSR count). The SMILES string of the molecule is C[C@@H](NC(=O)C(CN)c1ccccc1)C1CCCCCC1.